The molecule has 2 aromatic rings. The number of rotatable bonds is 1. The van der Waals surface area contributed by atoms with E-state index in [1.807, 2.05) is 6.07 Å². The van der Waals surface area contributed by atoms with Crippen molar-refractivity contribution in [2.45, 2.75) is 13.3 Å². The average molecular weight is 215 g/mol. The molecule has 0 aliphatic heterocycles. The van der Waals surface area contributed by atoms with Crippen LogP contribution < -0.4 is 0 Å². The molecule has 0 atom stereocenters. The van der Waals surface area contributed by atoms with Crippen molar-refractivity contribution in [3.05, 3.63) is 27.9 Å². The lowest BCUT2D eigenvalue weighted by Gasteiger charge is -1.95. The van der Waals surface area contributed by atoms with Crippen molar-refractivity contribution in [3.63, 3.8) is 0 Å². The molecule has 0 unspecified atom stereocenters. The highest BCUT2D eigenvalue weighted by Gasteiger charge is 2.06. The number of benzene rings is 1. The molecular formula is C9H8Cl2N2. The molecular weight excluding hydrogens is 207 g/mol. The monoisotopic (exact) mass is 214 g/mol. The van der Waals surface area contributed by atoms with Crippen molar-refractivity contribution >= 4 is 34.1 Å². The van der Waals surface area contributed by atoms with Gasteiger partial charge in [0.25, 0.3) is 0 Å². The zero-order chi connectivity index (χ0) is 9.42. The molecule has 2 rings (SSSR count). The van der Waals surface area contributed by atoms with Gasteiger partial charge in [0.2, 0.25) is 0 Å². The van der Waals surface area contributed by atoms with Gasteiger partial charge in [0, 0.05) is 5.39 Å². The molecule has 2 nitrogen and oxygen atoms in total. The Morgan fingerprint density at radius 1 is 1.31 bits per heavy atom. The molecule has 1 heterocycles. The summed E-state index contributed by atoms with van der Waals surface area (Å²) in [6.45, 7) is 2.05. The Labute approximate surface area is 85.8 Å². The highest BCUT2D eigenvalue weighted by Crippen LogP contribution is 2.28. The third-order valence-electron chi connectivity index (χ3n) is 2.02. The summed E-state index contributed by atoms with van der Waals surface area (Å²) in [5.74, 6) is 0. The number of halogens is 2. The number of aromatic amines is 1. The minimum atomic E-state index is 0.556. The van der Waals surface area contributed by atoms with E-state index in [9.17, 15) is 0 Å². The van der Waals surface area contributed by atoms with Crippen LogP contribution in [-0.4, -0.2) is 10.2 Å². The molecule has 0 saturated carbocycles. The van der Waals surface area contributed by atoms with Crippen LogP contribution >= 0.6 is 23.2 Å². The van der Waals surface area contributed by atoms with E-state index in [4.69, 9.17) is 23.2 Å². The van der Waals surface area contributed by atoms with Gasteiger partial charge in [-0.05, 0) is 18.6 Å². The zero-order valence-electron chi connectivity index (χ0n) is 7.06. The molecule has 0 fully saturated rings. The molecule has 0 spiro atoms. The molecule has 0 aliphatic carbocycles. The average Bonchev–Trinajstić information content (AvgIpc) is 2.48. The van der Waals surface area contributed by atoms with Gasteiger partial charge in [-0.25, -0.2) is 0 Å². The Kier molecular flexibility index (Phi) is 2.18. The van der Waals surface area contributed by atoms with Crippen molar-refractivity contribution < 1.29 is 0 Å². The molecule has 1 aromatic carbocycles. The van der Waals surface area contributed by atoms with E-state index in [0.29, 0.717) is 10.0 Å². The van der Waals surface area contributed by atoms with E-state index in [1.54, 1.807) is 6.07 Å². The quantitative estimate of drug-likeness (QED) is 0.775. The Morgan fingerprint density at radius 2 is 2.00 bits per heavy atom. The van der Waals surface area contributed by atoms with Crippen LogP contribution in [0.25, 0.3) is 10.9 Å². The normalized spacial score (nSPS) is 11.0. The summed E-state index contributed by atoms with van der Waals surface area (Å²) in [5.41, 5.74) is 1.96. The summed E-state index contributed by atoms with van der Waals surface area (Å²) in [5, 5.41) is 9.25. The summed E-state index contributed by atoms with van der Waals surface area (Å²) in [6.07, 6.45) is 0.887. The van der Waals surface area contributed by atoms with E-state index in [-0.39, 0.29) is 0 Å². The second-order valence-electron chi connectivity index (χ2n) is 2.84. The Morgan fingerprint density at radius 3 is 2.69 bits per heavy atom. The van der Waals surface area contributed by atoms with Crippen LogP contribution in [0.1, 0.15) is 12.6 Å². The van der Waals surface area contributed by atoms with Gasteiger partial charge < -0.3 is 0 Å². The molecule has 0 radical (unpaired) electrons. The summed E-state index contributed by atoms with van der Waals surface area (Å²) < 4.78 is 0. The van der Waals surface area contributed by atoms with Crippen molar-refractivity contribution in [1.29, 1.82) is 0 Å². The van der Waals surface area contributed by atoms with Crippen LogP contribution in [0.3, 0.4) is 0 Å². The lowest BCUT2D eigenvalue weighted by Crippen LogP contribution is -1.79. The predicted octanol–water partition coefficient (Wildman–Crippen LogP) is 3.43. The second-order valence-corrected chi connectivity index (χ2v) is 3.65. The van der Waals surface area contributed by atoms with Crippen molar-refractivity contribution in [2.24, 2.45) is 0 Å². The van der Waals surface area contributed by atoms with E-state index in [1.165, 1.54) is 0 Å². The van der Waals surface area contributed by atoms with Gasteiger partial charge in [-0.3, -0.25) is 5.10 Å². The van der Waals surface area contributed by atoms with Gasteiger partial charge in [-0.2, -0.15) is 5.10 Å². The van der Waals surface area contributed by atoms with Crippen molar-refractivity contribution in [1.82, 2.24) is 10.2 Å². The smallest absolute Gasteiger partial charge is 0.0698 e. The Balaban J connectivity index is 2.77. The molecule has 68 valence electrons. The summed E-state index contributed by atoms with van der Waals surface area (Å²) in [4.78, 5) is 0. The van der Waals surface area contributed by atoms with Crippen LogP contribution in [-0.2, 0) is 6.42 Å². The Hall–Kier alpha value is -0.730. The number of nitrogens with zero attached hydrogens (tertiary/aromatic N) is 1. The summed E-state index contributed by atoms with van der Waals surface area (Å²) in [7, 11) is 0. The fraction of sp³-hybridized carbons (Fsp3) is 0.222. The fourth-order valence-corrected chi connectivity index (χ4v) is 1.66. The number of aryl methyl sites for hydroxylation is 1. The first-order chi connectivity index (χ1) is 6.22. The molecule has 1 N–H and O–H groups in total. The maximum absolute atomic E-state index is 5.90. The molecule has 0 saturated heterocycles. The highest BCUT2D eigenvalue weighted by molar-refractivity contribution is 6.42. The molecule has 0 aliphatic rings. The third kappa shape index (κ3) is 1.40. The summed E-state index contributed by atoms with van der Waals surface area (Å²) >= 11 is 11.8. The number of hydrogen-bond donors (Lipinski definition) is 1. The van der Waals surface area contributed by atoms with Gasteiger partial charge in [-0.15, -0.1) is 0 Å². The standard InChI is InChI=1S/C9H8Cl2N2/c1-2-8-5-3-6(10)7(11)4-9(5)13-12-8/h3-4H,2H2,1H3,(H,12,13). The Bertz CT molecular complexity index is 448. The van der Waals surface area contributed by atoms with Crippen molar-refractivity contribution in [3.8, 4) is 0 Å². The third-order valence-corrected chi connectivity index (χ3v) is 2.74. The lowest BCUT2D eigenvalue weighted by atomic mass is 10.2. The van der Waals surface area contributed by atoms with Gasteiger partial charge >= 0.3 is 0 Å². The minimum Gasteiger partial charge on any atom is -0.277 e. The molecule has 1 aromatic heterocycles. The predicted molar refractivity (Wildman–Crippen MR) is 55.5 cm³/mol. The topological polar surface area (TPSA) is 28.7 Å². The minimum absolute atomic E-state index is 0.556. The number of fused-ring (bicyclic) bond motifs is 1. The molecule has 13 heavy (non-hydrogen) atoms. The van der Waals surface area contributed by atoms with E-state index >= 15 is 0 Å². The summed E-state index contributed by atoms with van der Waals surface area (Å²) in [6, 6.07) is 3.65. The second kappa shape index (κ2) is 3.20. The first-order valence-electron chi connectivity index (χ1n) is 4.04. The fourth-order valence-electron chi connectivity index (χ4n) is 1.34. The van der Waals surface area contributed by atoms with E-state index in [2.05, 4.69) is 17.1 Å². The van der Waals surface area contributed by atoms with Crippen LogP contribution in [0.2, 0.25) is 10.0 Å². The lowest BCUT2D eigenvalue weighted by molar-refractivity contribution is 0.988. The van der Waals surface area contributed by atoms with Gasteiger partial charge in [0.1, 0.15) is 0 Å². The highest BCUT2D eigenvalue weighted by atomic mass is 35.5. The molecule has 0 amide bonds. The van der Waals surface area contributed by atoms with Gasteiger partial charge in [-0.1, -0.05) is 30.1 Å². The van der Waals surface area contributed by atoms with E-state index in [0.717, 1.165) is 23.0 Å². The van der Waals surface area contributed by atoms with E-state index < -0.39 is 0 Å². The SMILES string of the molecule is CCc1n[nH]c2cc(Cl)c(Cl)cc12. The van der Waals surface area contributed by atoms with Gasteiger partial charge in [0.15, 0.2) is 0 Å². The first kappa shape index (κ1) is 8.85. The van der Waals surface area contributed by atoms with Crippen LogP contribution in [0.15, 0.2) is 12.1 Å². The van der Waals surface area contributed by atoms with Crippen LogP contribution in [0.5, 0.6) is 0 Å². The zero-order valence-corrected chi connectivity index (χ0v) is 8.58. The van der Waals surface area contributed by atoms with Gasteiger partial charge in [0.05, 0.1) is 21.3 Å². The van der Waals surface area contributed by atoms with Crippen LogP contribution in [0, 0.1) is 0 Å². The number of hydrogen-bond acceptors (Lipinski definition) is 1. The maximum atomic E-state index is 5.90. The largest absolute Gasteiger partial charge is 0.277 e. The molecule has 0 bridgehead atoms. The van der Waals surface area contributed by atoms with Crippen LogP contribution in [0.4, 0.5) is 0 Å². The number of nitrogens with one attached hydrogen (secondary N) is 1. The maximum Gasteiger partial charge on any atom is 0.0698 e. The molecule has 4 heteroatoms. The van der Waals surface area contributed by atoms with Crippen molar-refractivity contribution in [2.75, 3.05) is 0 Å². The number of aromatic nitrogens is 2. The number of H-pyrrole nitrogens is 1. The first-order valence-corrected chi connectivity index (χ1v) is 4.80.